The van der Waals surface area contributed by atoms with Crippen LogP contribution in [0.3, 0.4) is 0 Å². The minimum Gasteiger partial charge on any atom is -0.0533 e. The van der Waals surface area contributed by atoms with Crippen molar-refractivity contribution in [1.29, 1.82) is 0 Å². The van der Waals surface area contributed by atoms with Crippen molar-refractivity contribution in [3.8, 4) is 0 Å². The summed E-state index contributed by atoms with van der Waals surface area (Å²) in [6.07, 6.45) is 27.9. The second-order valence-electron chi connectivity index (χ2n) is 8.98. The topological polar surface area (TPSA) is 0 Å². The zero-order valence-corrected chi connectivity index (χ0v) is 15.0. The summed E-state index contributed by atoms with van der Waals surface area (Å²) in [4.78, 5) is 0. The second-order valence-corrected chi connectivity index (χ2v) is 8.98. The molecule has 3 fully saturated rings. The minimum atomic E-state index is 1.10. The number of fused-ring (bicyclic) bond motifs is 1. The number of hydrogen-bond acceptors (Lipinski definition) is 0. The molecule has 3 unspecified atom stereocenters. The molecule has 0 aromatic rings. The Morgan fingerprint density at radius 2 is 0.955 bits per heavy atom. The lowest BCUT2D eigenvalue weighted by molar-refractivity contribution is 0.147. The Kier molecular flexibility index (Phi) is 7.15. The number of rotatable bonds is 3. The molecule has 0 aromatic carbocycles. The molecule has 128 valence electrons. The summed E-state index contributed by atoms with van der Waals surface area (Å²) in [5, 5.41) is 0. The molecule has 0 nitrogen and oxygen atoms in total. The van der Waals surface area contributed by atoms with Gasteiger partial charge in [-0.1, -0.05) is 103 Å². The van der Waals surface area contributed by atoms with Gasteiger partial charge in [0, 0.05) is 0 Å². The van der Waals surface area contributed by atoms with Crippen LogP contribution in [0.25, 0.3) is 0 Å². The molecule has 0 heteroatoms. The highest BCUT2D eigenvalue weighted by Gasteiger charge is 2.30. The fourth-order valence-corrected chi connectivity index (χ4v) is 5.89. The molecule has 3 rings (SSSR count). The van der Waals surface area contributed by atoms with E-state index >= 15 is 0 Å². The minimum absolute atomic E-state index is 1.10. The lowest BCUT2D eigenvalue weighted by Gasteiger charge is -2.37. The standard InChI is InChI=1S/C22H40/c1-2-8-12-21-17-16-20(18-22(21)13-9-3-1)15-14-19-10-6-4-5-7-11-19/h19-22H,1-18H2. The van der Waals surface area contributed by atoms with E-state index in [1.54, 1.807) is 57.8 Å². The quantitative estimate of drug-likeness (QED) is 0.473. The van der Waals surface area contributed by atoms with E-state index in [1.807, 2.05) is 0 Å². The summed E-state index contributed by atoms with van der Waals surface area (Å²) in [6.45, 7) is 0. The van der Waals surface area contributed by atoms with E-state index in [1.165, 1.54) is 57.8 Å². The molecule has 0 N–H and O–H groups in total. The van der Waals surface area contributed by atoms with E-state index in [9.17, 15) is 0 Å². The Morgan fingerprint density at radius 1 is 0.409 bits per heavy atom. The maximum Gasteiger partial charge on any atom is -0.0383 e. The molecule has 0 saturated heterocycles. The Bertz CT molecular complexity index is 286. The third-order valence-corrected chi connectivity index (χ3v) is 7.36. The van der Waals surface area contributed by atoms with Gasteiger partial charge in [-0.3, -0.25) is 0 Å². The molecular formula is C22H40. The Morgan fingerprint density at radius 3 is 1.68 bits per heavy atom. The molecule has 0 spiro atoms. The van der Waals surface area contributed by atoms with Crippen LogP contribution in [0.4, 0.5) is 0 Å². The fourth-order valence-electron chi connectivity index (χ4n) is 5.89. The summed E-state index contributed by atoms with van der Waals surface area (Å²) in [5.74, 6) is 4.43. The van der Waals surface area contributed by atoms with Crippen LogP contribution in [0.2, 0.25) is 0 Å². The van der Waals surface area contributed by atoms with Crippen LogP contribution in [0.5, 0.6) is 0 Å². The highest BCUT2D eigenvalue weighted by molar-refractivity contribution is 4.82. The van der Waals surface area contributed by atoms with Crippen molar-refractivity contribution in [3.63, 3.8) is 0 Å². The predicted molar refractivity (Wildman–Crippen MR) is 97.1 cm³/mol. The monoisotopic (exact) mass is 304 g/mol. The molecule has 0 bridgehead atoms. The average molecular weight is 305 g/mol. The lowest BCUT2D eigenvalue weighted by Crippen LogP contribution is -2.25. The molecule has 0 aliphatic heterocycles. The van der Waals surface area contributed by atoms with Crippen molar-refractivity contribution in [1.82, 2.24) is 0 Å². The zero-order valence-electron chi connectivity index (χ0n) is 15.0. The van der Waals surface area contributed by atoms with Gasteiger partial charge in [-0.25, -0.2) is 0 Å². The first-order valence-corrected chi connectivity index (χ1v) is 10.9. The molecule has 0 amide bonds. The van der Waals surface area contributed by atoms with Gasteiger partial charge in [-0.15, -0.1) is 0 Å². The summed E-state index contributed by atoms with van der Waals surface area (Å²) in [7, 11) is 0. The highest BCUT2D eigenvalue weighted by atomic mass is 14.4. The predicted octanol–water partition coefficient (Wildman–Crippen LogP) is 7.51. The van der Waals surface area contributed by atoms with Gasteiger partial charge in [0.05, 0.1) is 0 Å². The smallest absolute Gasteiger partial charge is 0.0383 e. The van der Waals surface area contributed by atoms with Crippen molar-refractivity contribution in [3.05, 3.63) is 0 Å². The molecule has 0 heterocycles. The summed E-state index contributed by atoms with van der Waals surface area (Å²) in [6, 6.07) is 0. The molecule has 3 aliphatic rings. The molecule has 0 aromatic heterocycles. The van der Waals surface area contributed by atoms with Crippen LogP contribution in [-0.4, -0.2) is 0 Å². The van der Waals surface area contributed by atoms with Gasteiger partial charge in [0.15, 0.2) is 0 Å². The van der Waals surface area contributed by atoms with Crippen LogP contribution in [-0.2, 0) is 0 Å². The summed E-state index contributed by atoms with van der Waals surface area (Å²) < 4.78 is 0. The van der Waals surface area contributed by atoms with E-state index in [2.05, 4.69) is 0 Å². The largest absolute Gasteiger partial charge is 0.0533 e. The van der Waals surface area contributed by atoms with Gasteiger partial charge >= 0.3 is 0 Å². The fraction of sp³-hybridized carbons (Fsp3) is 1.00. The van der Waals surface area contributed by atoms with Crippen molar-refractivity contribution >= 4 is 0 Å². The zero-order chi connectivity index (χ0) is 15.0. The van der Waals surface area contributed by atoms with Crippen LogP contribution in [0.1, 0.15) is 116 Å². The Hall–Kier alpha value is 0. The van der Waals surface area contributed by atoms with E-state index in [-0.39, 0.29) is 0 Å². The summed E-state index contributed by atoms with van der Waals surface area (Å²) in [5.41, 5.74) is 0. The normalized spacial score (nSPS) is 35.7. The molecule has 3 atom stereocenters. The van der Waals surface area contributed by atoms with Crippen molar-refractivity contribution in [2.45, 2.75) is 116 Å². The van der Waals surface area contributed by atoms with Crippen molar-refractivity contribution < 1.29 is 0 Å². The van der Waals surface area contributed by atoms with Crippen LogP contribution >= 0.6 is 0 Å². The average Bonchev–Trinajstić information content (AvgIpc) is 2.75. The van der Waals surface area contributed by atoms with E-state index in [0.29, 0.717) is 0 Å². The highest BCUT2D eigenvalue weighted by Crippen LogP contribution is 2.42. The van der Waals surface area contributed by atoms with Gasteiger partial charge in [0.2, 0.25) is 0 Å². The molecule has 3 aliphatic carbocycles. The first-order chi connectivity index (χ1) is 10.9. The molecule has 22 heavy (non-hydrogen) atoms. The van der Waals surface area contributed by atoms with Crippen LogP contribution in [0.15, 0.2) is 0 Å². The second kappa shape index (κ2) is 9.33. The summed E-state index contributed by atoms with van der Waals surface area (Å²) >= 11 is 0. The van der Waals surface area contributed by atoms with Gasteiger partial charge in [-0.2, -0.15) is 0 Å². The maximum atomic E-state index is 1.61. The SMILES string of the molecule is C1CCCC2CCC(CCC3CCCCCC3)CC2CCC1. The molecule has 3 saturated carbocycles. The van der Waals surface area contributed by atoms with Gasteiger partial charge in [0.25, 0.3) is 0 Å². The lowest BCUT2D eigenvalue weighted by atomic mass is 9.69. The Balaban J connectivity index is 1.43. The van der Waals surface area contributed by atoms with Gasteiger partial charge in [-0.05, 0) is 36.5 Å². The number of hydrogen-bond donors (Lipinski definition) is 0. The van der Waals surface area contributed by atoms with E-state index in [4.69, 9.17) is 0 Å². The third kappa shape index (κ3) is 5.27. The molecule has 0 radical (unpaired) electrons. The first-order valence-electron chi connectivity index (χ1n) is 10.9. The Labute approximate surface area is 139 Å². The van der Waals surface area contributed by atoms with Crippen molar-refractivity contribution in [2.75, 3.05) is 0 Å². The molecular weight excluding hydrogens is 264 g/mol. The van der Waals surface area contributed by atoms with E-state index < -0.39 is 0 Å². The van der Waals surface area contributed by atoms with E-state index in [0.717, 1.165) is 23.7 Å². The first kappa shape index (κ1) is 16.8. The van der Waals surface area contributed by atoms with Crippen LogP contribution in [0, 0.1) is 23.7 Å². The van der Waals surface area contributed by atoms with Gasteiger partial charge in [0.1, 0.15) is 0 Å². The van der Waals surface area contributed by atoms with Crippen LogP contribution < -0.4 is 0 Å². The van der Waals surface area contributed by atoms with Gasteiger partial charge < -0.3 is 0 Å². The van der Waals surface area contributed by atoms with Crippen molar-refractivity contribution in [2.24, 2.45) is 23.7 Å². The maximum absolute atomic E-state index is 1.61. The third-order valence-electron chi connectivity index (χ3n) is 7.36.